The molecule has 0 aliphatic rings. The molecule has 2 nitrogen and oxygen atoms in total. The maximum Gasteiger partial charge on any atom is 0.0830 e. The third kappa shape index (κ3) is 3.80. The van der Waals surface area contributed by atoms with E-state index in [2.05, 4.69) is 0 Å². The zero-order valence-electron chi connectivity index (χ0n) is 11.7. The molecule has 2 unspecified atom stereocenters. The molecular weight excluding hydrogens is 246 g/mol. The largest absolute Gasteiger partial charge is 0.388 e. The molecule has 0 aliphatic carbocycles. The average molecular weight is 267 g/mol. The monoisotopic (exact) mass is 267 g/mol. The van der Waals surface area contributed by atoms with E-state index in [-0.39, 0.29) is 12.0 Å². The van der Waals surface area contributed by atoms with Crippen LogP contribution in [0.15, 0.2) is 72.8 Å². The molecule has 0 aliphatic heterocycles. The zero-order valence-corrected chi connectivity index (χ0v) is 11.7. The quantitative estimate of drug-likeness (QED) is 0.818. The Labute approximate surface area is 120 Å². The number of aliphatic hydroxyl groups excluding tert-OH is 1. The van der Waals surface area contributed by atoms with Crippen LogP contribution >= 0.6 is 0 Å². The summed E-state index contributed by atoms with van der Waals surface area (Å²) in [6, 6.07) is 20.0. The standard InChI is InChI=1S/C18H21NO/c1-14(19)12-13-17(20)18(15-8-4-2-5-9-15)16-10-6-3-7-11-16/h2-14,17-18,20H,19H2,1H3/b13-12+. The van der Waals surface area contributed by atoms with Gasteiger partial charge in [0.1, 0.15) is 0 Å². The molecule has 0 saturated heterocycles. The topological polar surface area (TPSA) is 46.2 Å². The van der Waals surface area contributed by atoms with Crippen molar-refractivity contribution >= 4 is 0 Å². The molecule has 2 heteroatoms. The lowest BCUT2D eigenvalue weighted by Crippen LogP contribution is -2.19. The van der Waals surface area contributed by atoms with E-state index in [9.17, 15) is 5.11 Å². The van der Waals surface area contributed by atoms with E-state index in [1.807, 2.05) is 73.7 Å². The van der Waals surface area contributed by atoms with E-state index in [4.69, 9.17) is 5.73 Å². The number of hydrogen-bond donors (Lipinski definition) is 2. The van der Waals surface area contributed by atoms with Gasteiger partial charge >= 0.3 is 0 Å². The lowest BCUT2D eigenvalue weighted by Gasteiger charge is -2.22. The van der Waals surface area contributed by atoms with Gasteiger partial charge in [-0.05, 0) is 18.1 Å². The third-order valence-corrected chi connectivity index (χ3v) is 3.27. The second-order valence-electron chi connectivity index (χ2n) is 5.03. The molecule has 2 rings (SSSR count). The van der Waals surface area contributed by atoms with E-state index >= 15 is 0 Å². The fraction of sp³-hybridized carbons (Fsp3) is 0.222. The molecule has 2 atom stereocenters. The summed E-state index contributed by atoms with van der Waals surface area (Å²) in [4.78, 5) is 0. The molecule has 0 saturated carbocycles. The van der Waals surface area contributed by atoms with E-state index in [1.54, 1.807) is 6.08 Å². The van der Waals surface area contributed by atoms with Crippen LogP contribution in [0.1, 0.15) is 24.0 Å². The van der Waals surface area contributed by atoms with Crippen molar-refractivity contribution < 1.29 is 5.11 Å². The van der Waals surface area contributed by atoms with E-state index in [0.717, 1.165) is 11.1 Å². The van der Waals surface area contributed by atoms with Crippen molar-refractivity contribution in [1.29, 1.82) is 0 Å². The van der Waals surface area contributed by atoms with Crippen LogP contribution < -0.4 is 5.73 Å². The Bertz CT molecular complexity index is 494. The highest BCUT2D eigenvalue weighted by Gasteiger charge is 2.20. The highest BCUT2D eigenvalue weighted by Crippen LogP contribution is 2.28. The summed E-state index contributed by atoms with van der Waals surface area (Å²) in [6.45, 7) is 1.89. The first-order valence-electron chi connectivity index (χ1n) is 6.90. The molecule has 0 radical (unpaired) electrons. The summed E-state index contributed by atoms with van der Waals surface area (Å²) in [5, 5.41) is 10.5. The lowest BCUT2D eigenvalue weighted by molar-refractivity contribution is 0.204. The van der Waals surface area contributed by atoms with Crippen molar-refractivity contribution in [2.24, 2.45) is 5.73 Å². The molecular formula is C18H21NO. The van der Waals surface area contributed by atoms with Gasteiger partial charge in [0, 0.05) is 12.0 Å². The molecule has 0 spiro atoms. The number of hydrogen-bond acceptors (Lipinski definition) is 2. The SMILES string of the molecule is CC(N)/C=C/C(O)C(c1ccccc1)c1ccccc1. The van der Waals surface area contributed by atoms with Gasteiger partial charge in [-0.15, -0.1) is 0 Å². The minimum Gasteiger partial charge on any atom is -0.388 e. The molecule has 2 aromatic rings. The average Bonchev–Trinajstić information content (AvgIpc) is 2.48. The Hall–Kier alpha value is -1.90. The number of nitrogens with two attached hydrogens (primary N) is 1. The van der Waals surface area contributed by atoms with Crippen molar-refractivity contribution in [2.45, 2.75) is 25.0 Å². The van der Waals surface area contributed by atoms with Gasteiger partial charge in [-0.3, -0.25) is 0 Å². The first-order chi connectivity index (χ1) is 9.68. The highest BCUT2D eigenvalue weighted by molar-refractivity contribution is 5.35. The summed E-state index contributed by atoms with van der Waals surface area (Å²) < 4.78 is 0. The van der Waals surface area contributed by atoms with Crippen molar-refractivity contribution in [3.8, 4) is 0 Å². The fourth-order valence-electron chi connectivity index (χ4n) is 2.31. The molecule has 20 heavy (non-hydrogen) atoms. The maximum atomic E-state index is 10.5. The Morgan fingerprint density at radius 1 is 0.850 bits per heavy atom. The molecule has 0 aromatic heterocycles. The lowest BCUT2D eigenvalue weighted by atomic mass is 9.86. The molecule has 104 valence electrons. The van der Waals surface area contributed by atoms with E-state index in [0.29, 0.717) is 0 Å². The minimum atomic E-state index is -0.592. The summed E-state index contributed by atoms with van der Waals surface area (Å²) in [7, 11) is 0. The van der Waals surface area contributed by atoms with Gasteiger partial charge in [-0.1, -0.05) is 72.8 Å². The van der Waals surface area contributed by atoms with Crippen LogP contribution in [-0.2, 0) is 0 Å². The molecule has 2 aromatic carbocycles. The van der Waals surface area contributed by atoms with Gasteiger partial charge in [0.05, 0.1) is 6.10 Å². The molecule has 0 bridgehead atoms. The van der Waals surface area contributed by atoms with Crippen molar-refractivity contribution in [3.05, 3.63) is 83.9 Å². The summed E-state index contributed by atoms with van der Waals surface area (Å²) >= 11 is 0. The first kappa shape index (κ1) is 14.5. The summed E-state index contributed by atoms with van der Waals surface area (Å²) in [5.74, 6) is -0.0765. The third-order valence-electron chi connectivity index (χ3n) is 3.27. The van der Waals surface area contributed by atoms with Crippen LogP contribution in [0.25, 0.3) is 0 Å². The van der Waals surface area contributed by atoms with Crippen LogP contribution in [0.3, 0.4) is 0 Å². The summed E-state index contributed by atoms with van der Waals surface area (Å²) in [5.41, 5.74) is 7.92. The molecule has 0 fully saturated rings. The highest BCUT2D eigenvalue weighted by atomic mass is 16.3. The maximum absolute atomic E-state index is 10.5. The van der Waals surface area contributed by atoms with Crippen molar-refractivity contribution in [2.75, 3.05) is 0 Å². The van der Waals surface area contributed by atoms with Crippen LogP contribution in [0, 0.1) is 0 Å². The van der Waals surface area contributed by atoms with Gasteiger partial charge in [-0.25, -0.2) is 0 Å². The van der Waals surface area contributed by atoms with Crippen molar-refractivity contribution in [3.63, 3.8) is 0 Å². The van der Waals surface area contributed by atoms with E-state index in [1.165, 1.54) is 0 Å². The Morgan fingerprint density at radius 2 is 1.30 bits per heavy atom. The molecule has 0 amide bonds. The van der Waals surface area contributed by atoms with Gasteiger partial charge in [0.2, 0.25) is 0 Å². The number of aliphatic hydroxyl groups is 1. The molecule has 3 N–H and O–H groups in total. The number of rotatable bonds is 5. The van der Waals surface area contributed by atoms with Gasteiger partial charge in [0.15, 0.2) is 0 Å². The Balaban J connectivity index is 2.35. The van der Waals surface area contributed by atoms with Crippen LogP contribution in [0.4, 0.5) is 0 Å². The minimum absolute atomic E-state index is 0.0585. The van der Waals surface area contributed by atoms with E-state index < -0.39 is 6.10 Å². The Morgan fingerprint density at radius 3 is 1.70 bits per heavy atom. The fourth-order valence-corrected chi connectivity index (χ4v) is 2.31. The van der Waals surface area contributed by atoms with Crippen molar-refractivity contribution in [1.82, 2.24) is 0 Å². The van der Waals surface area contributed by atoms with Crippen LogP contribution in [0.2, 0.25) is 0 Å². The van der Waals surface area contributed by atoms with Crippen LogP contribution in [-0.4, -0.2) is 17.3 Å². The second-order valence-corrected chi connectivity index (χ2v) is 5.03. The normalized spacial score (nSPS) is 14.6. The summed E-state index contributed by atoms with van der Waals surface area (Å²) in [6.07, 6.45) is 3.03. The predicted molar refractivity (Wildman–Crippen MR) is 83.5 cm³/mol. The smallest absolute Gasteiger partial charge is 0.0830 e. The van der Waals surface area contributed by atoms with Gasteiger partial charge < -0.3 is 10.8 Å². The Kier molecular flexibility index (Phi) is 5.10. The second kappa shape index (κ2) is 7.04. The van der Waals surface area contributed by atoms with Gasteiger partial charge in [-0.2, -0.15) is 0 Å². The number of benzene rings is 2. The van der Waals surface area contributed by atoms with Crippen LogP contribution in [0.5, 0.6) is 0 Å². The zero-order chi connectivity index (χ0) is 14.4. The first-order valence-corrected chi connectivity index (χ1v) is 6.90. The predicted octanol–water partition coefficient (Wildman–Crippen LogP) is 3.08. The molecule has 0 heterocycles. The van der Waals surface area contributed by atoms with Gasteiger partial charge in [0.25, 0.3) is 0 Å².